The zero-order chi connectivity index (χ0) is 91.2. The number of aromatic nitrogens is 1. The molecule has 0 aliphatic heterocycles. The summed E-state index contributed by atoms with van der Waals surface area (Å²) in [5, 5.41) is 10.0. The second-order valence-electron chi connectivity index (χ2n) is 33.5. The Kier molecular flexibility index (Phi) is 27.7. The van der Waals surface area contributed by atoms with E-state index in [9.17, 15) is 0 Å². The van der Waals surface area contributed by atoms with Gasteiger partial charge in [0.1, 0.15) is 0 Å². The van der Waals surface area contributed by atoms with Gasteiger partial charge >= 0.3 is 0 Å². The third-order valence-corrected chi connectivity index (χ3v) is 23.9. The molecule has 21 aromatic carbocycles. The molecule has 0 spiro atoms. The first-order chi connectivity index (χ1) is 66.0. The number of hydrogen-bond donors (Lipinski definition) is 0. The van der Waals surface area contributed by atoms with Crippen molar-refractivity contribution < 1.29 is 0 Å². The minimum atomic E-state index is 1.10. The van der Waals surface area contributed by atoms with Crippen LogP contribution in [0.5, 0.6) is 0 Å². The monoisotopic (exact) mass is 1720 g/mol. The number of benzene rings is 21. The van der Waals surface area contributed by atoms with Crippen LogP contribution in [0.1, 0.15) is 27.8 Å². The molecule has 1 aromatic heterocycles. The molecule has 22 aromatic rings. The van der Waals surface area contributed by atoms with Crippen LogP contribution in [0.25, 0.3) is 76.5 Å². The van der Waals surface area contributed by atoms with E-state index in [-0.39, 0.29) is 0 Å². The summed E-state index contributed by atoms with van der Waals surface area (Å²) in [6.07, 6.45) is 3.71. The number of aryl methyl sites for hydroxylation is 5. The van der Waals surface area contributed by atoms with Crippen molar-refractivity contribution in [3.63, 3.8) is 0 Å². The molecule has 0 aliphatic rings. The molecule has 0 aliphatic carbocycles. The number of para-hydroxylation sites is 6. The van der Waals surface area contributed by atoms with Gasteiger partial charge in [0.05, 0.1) is 11.4 Å². The topological polar surface area (TPSA) is 29.1 Å². The van der Waals surface area contributed by atoms with Gasteiger partial charge in [-0.3, -0.25) is 4.98 Å². The maximum Gasteiger partial charge on any atom is 0.0618 e. The fourth-order valence-corrected chi connectivity index (χ4v) is 17.4. The molecule has 0 N–H and O–H groups in total. The van der Waals surface area contributed by atoms with E-state index in [0.29, 0.717) is 0 Å². The highest BCUT2D eigenvalue weighted by Gasteiger charge is 2.23. The second-order valence-corrected chi connectivity index (χ2v) is 33.5. The minimum Gasteiger partial charge on any atom is -0.311 e. The van der Waals surface area contributed by atoms with Crippen molar-refractivity contribution in [3.8, 4) is 33.4 Å². The van der Waals surface area contributed by atoms with Crippen LogP contribution in [0, 0.1) is 34.6 Å². The van der Waals surface area contributed by atoms with Gasteiger partial charge in [-0.2, -0.15) is 0 Å². The van der Waals surface area contributed by atoms with Crippen molar-refractivity contribution in [2.45, 2.75) is 34.6 Å². The van der Waals surface area contributed by atoms with E-state index in [4.69, 9.17) is 0 Å². The van der Waals surface area contributed by atoms with E-state index in [1.807, 2.05) is 36.5 Å². The Morgan fingerprint density at radius 3 is 0.701 bits per heavy atom. The van der Waals surface area contributed by atoms with Crippen LogP contribution < -0.4 is 24.5 Å². The molecule has 0 amide bonds. The fraction of sp³-hybridized carbons (Fsp3) is 0.0391. The predicted molar refractivity (Wildman–Crippen MR) is 573 cm³/mol. The van der Waals surface area contributed by atoms with E-state index in [1.165, 1.54) is 150 Å². The van der Waals surface area contributed by atoms with E-state index >= 15 is 0 Å². The Morgan fingerprint density at radius 2 is 0.381 bits per heavy atom. The Bertz CT molecular complexity index is 7300. The smallest absolute Gasteiger partial charge is 0.0618 e. The van der Waals surface area contributed by atoms with E-state index in [0.717, 1.165) is 39.6 Å². The lowest BCUT2D eigenvalue weighted by Gasteiger charge is -2.28. The van der Waals surface area contributed by atoms with Crippen LogP contribution in [0.15, 0.2) is 540 Å². The van der Waals surface area contributed by atoms with Crippen molar-refractivity contribution in [2.75, 3.05) is 24.5 Å². The van der Waals surface area contributed by atoms with Gasteiger partial charge in [-0.25, -0.2) is 0 Å². The number of nitrogens with zero attached hydrogens (tertiary/aromatic N) is 6. The average Bonchev–Trinajstić information content (AvgIpc) is 0.749. The van der Waals surface area contributed by atoms with Crippen molar-refractivity contribution in [1.29, 1.82) is 0 Å². The molecule has 0 saturated heterocycles. The van der Waals surface area contributed by atoms with Crippen LogP contribution in [0.3, 0.4) is 0 Å². The minimum absolute atomic E-state index is 1.10. The zero-order valence-electron chi connectivity index (χ0n) is 76.1. The maximum absolute atomic E-state index is 4.29. The third-order valence-electron chi connectivity index (χ3n) is 23.9. The molecule has 6 nitrogen and oxygen atoms in total. The molecule has 1 heterocycles. The van der Waals surface area contributed by atoms with Gasteiger partial charge in [0.2, 0.25) is 0 Å². The van der Waals surface area contributed by atoms with Crippen LogP contribution in [-0.4, -0.2) is 4.98 Å². The molecule has 0 bridgehead atoms. The summed E-state index contributed by atoms with van der Waals surface area (Å²) in [7, 11) is 0. The first kappa shape index (κ1) is 87.5. The summed E-state index contributed by atoms with van der Waals surface area (Å²) >= 11 is 0. The summed E-state index contributed by atoms with van der Waals surface area (Å²) in [6, 6.07) is 187. The molecule has 0 fully saturated rings. The summed E-state index contributed by atoms with van der Waals surface area (Å²) in [6.45, 7) is 10.6. The Hall–Kier alpha value is -17.2. The lowest BCUT2D eigenvalue weighted by molar-refractivity contribution is 1.27. The highest BCUT2D eigenvalue weighted by atomic mass is 15.2. The number of rotatable bonds is 18. The molecule has 0 unspecified atom stereocenters. The fourth-order valence-electron chi connectivity index (χ4n) is 17.4. The van der Waals surface area contributed by atoms with E-state index in [2.05, 4.69) is 562 Å². The van der Waals surface area contributed by atoms with Gasteiger partial charge in [-0.05, 0) is 283 Å². The quantitative estimate of drug-likeness (QED) is 0.0796. The van der Waals surface area contributed by atoms with Crippen molar-refractivity contribution in [1.82, 2.24) is 4.98 Å². The van der Waals surface area contributed by atoms with Crippen LogP contribution in [0.2, 0.25) is 0 Å². The first-order valence-electron chi connectivity index (χ1n) is 45.8. The molecule has 646 valence electrons. The maximum atomic E-state index is 4.29. The third kappa shape index (κ3) is 20.9. The largest absolute Gasteiger partial charge is 0.311 e. The van der Waals surface area contributed by atoms with Gasteiger partial charge in [0, 0.05) is 108 Å². The van der Waals surface area contributed by atoms with Crippen molar-refractivity contribution >= 4 is 128 Å². The van der Waals surface area contributed by atoms with Gasteiger partial charge < -0.3 is 24.5 Å². The zero-order valence-corrected chi connectivity index (χ0v) is 76.1. The van der Waals surface area contributed by atoms with E-state index in [1.54, 1.807) is 6.20 Å². The lowest BCUT2D eigenvalue weighted by Crippen LogP contribution is -2.11. The molecular weight excluding hydrogens is 1620 g/mol. The lowest BCUT2D eigenvalue weighted by atomic mass is 9.97. The highest BCUT2D eigenvalue weighted by molar-refractivity contribution is 6.16. The number of pyridine rings is 1. The Morgan fingerprint density at radius 1 is 0.142 bits per heavy atom. The number of hydrogen-bond acceptors (Lipinski definition) is 6. The Labute approximate surface area is 788 Å². The van der Waals surface area contributed by atoms with Gasteiger partial charge in [0.15, 0.2) is 0 Å². The van der Waals surface area contributed by atoms with Crippen LogP contribution >= 0.6 is 0 Å². The first-order valence-corrected chi connectivity index (χ1v) is 45.8. The van der Waals surface area contributed by atoms with Crippen molar-refractivity contribution in [2.24, 2.45) is 0 Å². The van der Waals surface area contributed by atoms with Crippen LogP contribution in [-0.2, 0) is 0 Å². The summed E-state index contributed by atoms with van der Waals surface area (Å²) in [5.74, 6) is 0. The standard InChI is InChI=1S/C36H28N2.2C27H21N.2C19H17N/c1-27-14-18-34(19-15-27)38(35-20-16-30(17-21-35)31-13-8-22-37-26-31)36-24-32(28-9-4-2-5-10-28)23-33(25-36)29-11-6-3-7-12-29;1-20-10-9-15-24(18-20)28(23-13-3-2-4-14-23)27-25-16-7-5-11-21(25)19-22-12-6-8-17-26(22)27;1-20-15-17-24(18-16-20)28(23-11-3-2-4-12-23)27-25-13-7-5-9-21(25)19-22-10-6-8-14-26(22)27;1-16-9-8-14-19(15-16)20(17-10-4-2-5-11-17)18-12-6-3-7-13-18;1-16-12-14-19(15-13-16)20(17-8-4-2-5-9-17)18-10-6-3-7-11-18/h2-26H,1H3;2*2-19H,1H3;2*2-15H,1H3. The van der Waals surface area contributed by atoms with E-state index < -0.39 is 0 Å². The number of anilines is 15. The second kappa shape index (κ2) is 42.4. The van der Waals surface area contributed by atoms with Crippen molar-refractivity contribution in [3.05, 3.63) is 568 Å². The normalized spacial score (nSPS) is 10.7. The van der Waals surface area contributed by atoms with Crippen LogP contribution in [0.4, 0.5) is 85.3 Å². The predicted octanol–water partition coefficient (Wildman–Crippen LogP) is 36.3. The van der Waals surface area contributed by atoms with Gasteiger partial charge in [-0.1, -0.05) is 362 Å². The molecular formula is C128H104N6. The summed E-state index contributed by atoms with van der Waals surface area (Å²) in [5.41, 5.74) is 30.8. The van der Waals surface area contributed by atoms with Gasteiger partial charge in [0.25, 0.3) is 0 Å². The summed E-state index contributed by atoms with van der Waals surface area (Å²) < 4.78 is 0. The number of fused-ring (bicyclic) bond motifs is 4. The molecule has 0 radical (unpaired) electrons. The molecule has 134 heavy (non-hydrogen) atoms. The molecule has 0 saturated carbocycles. The molecule has 0 atom stereocenters. The summed E-state index contributed by atoms with van der Waals surface area (Å²) in [4.78, 5) is 15.9. The molecule has 6 heteroatoms. The highest BCUT2D eigenvalue weighted by Crippen LogP contribution is 2.48. The SMILES string of the molecule is Cc1ccc(N(c2ccc(-c3cccnc3)cc2)c2cc(-c3ccccc3)cc(-c3ccccc3)c2)cc1.Cc1ccc(N(c2ccccc2)c2c3ccccc3cc3ccccc23)cc1.Cc1ccc(N(c2ccccc2)c2ccccc2)cc1.Cc1cccc(N(c2ccccc2)c2c3ccccc3cc3ccccc23)c1.Cc1cccc(N(c2ccccc2)c2ccccc2)c1. The molecule has 22 rings (SSSR count). The van der Waals surface area contributed by atoms with Gasteiger partial charge in [-0.15, -0.1) is 0 Å². The Balaban J connectivity index is 0.000000114. The average molecular weight is 1730 g/mol.